The van der Waals surface area contributed by atoms with Crippen LogP contribution in [0.5, 0.6) is 0 Å². The highest BCUT2D eigenvalue weighted by Gasteiger charge is 2.06. The van der Waals surface area contributed by atoms with E-state index in [2.05, 4.69) is 48.6 Å². The van der Waals surface area contributed by atoms with Gasteiger partial charge in [-0.3, -0.25) is 0 Å². The van der Waals surface area contributed by atoms with Crippen molar-refractivity contribution in [1.82, 2.24) is 0 Å². The summed E-state index contributed by atoms with van der Waals surface area (Å²) >= 11 is 0. The summed E-state index contributed by atoms with van der Waals surface area (Å²) in [4.78, 5) is 0. The van der Waals surface area contributed by atoms with E-state index in [9.17, 15) is 0 Å². The minimum Gasteiger partial charge on any atom is -0.0801 e. The summed E-state index contributed by atoms with van der Waals surface area (Å²) in [6.45, 7) is 0. The monoisotopic (exact) mass is 180 g/mol. The molecule has 0 amide bonds. The van der Waals surface area contributed by atoms with E-state index in [1.807, 2.05) is 0 Å². The van der Waals surface area contributed by atoms with Crippen LogP contribution in [0.4, 0.5) is 0 Å². The van der Waals surface area contributed by atoms with Gasteiger partial charge in [0.2, 0.25) is 0 Å². The smallest absolute Gasteiger partial charge is 0.00853 e. The Morgan fingerprint density at radius 3 is 1.71 bits per heavy atom. The van der Waals surface area contributed by atoms with Crippen molar-refractivity contribution in [3.63, 3.8) is 0 Å². The van der Waals surface area contributed by atoms with E-state index in [4.69, 9.17) is 0 Å². The van der Waals surface area contributed by atoms with E-state index < -0.39 is 0 Å². The van der Waals surface area contributed by atoms with Crippen LogP contribution in [0.3, 0.4) is 0 Å². The Labute approximate surface area is 83.6 Å². The highest BCUT2D eigenvalue weighted by molar-refractivity contribution is 5.52. The van der Waals surface area contributed by atoms with Crippen molar-refractivity contribution < 1.29 is 0 Å². The molecule has 0 fully saturated rings. The third-order valence-electron chi connectivity index (χ3n) is 2.97. The first-order chi connectivity index (χ1) is 6.95. The van der Waals surface area contributed by atoms with Crippen molar-refractivity contribution >= 4 is 12.2 Å². The number of hydrogen-bond acceptors (Lipinski definition) is 0. The Bertz CT molecular complexity index is 491. The third-order valence-corrected chi connectivity index (χ3v) is 2.97. The molecule has 0 aromatic heterocycles. The molecule has 0 nitrogen and oxygen atoms in total. The van der Waals surface area contributed by atoms with E-state index in [1.165, 1.54) is 21.6 Å². The summed E-state index contributed by atoms with van der Waals surface area (Å²) < 4.78 is 0. The van der Waals surface area contributed by atoms with Gasteiger partial charge in [0.15, 0.2) is 0 Å². The molecular formula is C14H12. The first-order valence-electron chi connectivity index (χ1n) is 5.09. The molecule has 0 heteroatoms. The molecule has 14 heavy (non-hydrogen) atoms. The van der Waals surface area contributed by atoms with Gasteiger partial charge in [0.1, 0.15) is 0 Å². The molecule has 1 aromatic carbocycles. The minimum atomic E-state index is 1.09. The quantitative estimate of drug-likeness (QED) is 0.567. The standard InChI is InChI=1S/C14H12/c1-3-7-13-11(5-1)9-10-12-6-2-4-8-14(12)13/h1-6,9-10H,7-8H2. The third kappa shape index (κ3) is 1.07. The van der Waals surface area contributed by atoms with Crippen LogP contribution in [-0.4, -0.2) is 0 Å². The fourth-order valence-corrected chi connectivity index (χ4v) is 2.24. The van der Waals surface area contributed by atoms with E-state index in [0.717, 1.165) is 12.8 Å². The minimum absolute atomic E-state index is 1.09. The number of rotatable bonds is 0. The van der Waals surface area contributed by atoms with Crippen molar-refractivity contribution in [2.24, 2.45) is 0 Å². The molecule has 0 saturated carbocycles. The Balaban J connectivity index is 2.39. The lowest BCUT2D eigenvalue weighted by atomic mass is 9.92. The molecule has 0 saturated heterocycles. The molecule has 0 radical (unpaired) electrons. The van der Waals surface area contributed by atoms with E-state index in [0.29, 0.717) is 0 Å². The summed E-state index contributed by atoms with van der Waals surface area (Å²) in [7, 11) is 0. The lowest BCUT2D eigenvalue weighted by Gasteiger charge is -2.12. The van der Waals surface area contributed by atoms with Gasteiger partial charge in [-0.05, 0) is 34.4 Å². The SMILES string of the molecule is C1=CCc2c3c(ccc2=C1)=CC=CC3. The van der Waals surface area contributed by atoms with Gasteiger partial charge in [-0.2, -0.15) is 0 Å². The van der Waals surface area contributed by atoms with Crippen LogP contribution >= 0.6 is 0 Å². The van der Waals surface area contributed by atoms with Crippen molar-refractivity contribution in [1.29, 1.82) is 0 Å². The summed E-state index contributed by atoms with van der Waals surface area (Å²) in [6, 6.07) is 4.46. The van der Waals surface area contributed by atoms with E-state index in [-0.39, 0.29) is 0 Å². The molecular weight excluding hydrogens is 168 g/mol. The molecule has 0 heterocycles. The van der Waals surface area contributed by atoms with Crippen LogP contribution in [-0.2, 0) is 12.8 Å². The fourth-order valence-electron chi connectivity index (χ4n) is 2.24. The Morgan fingerprint density at radius 1 is 0.714 bits per heavy atom. The number of hydrogen-bond donors (Lipinski definition) is 0. The first kappa shape index (κ1) is 7.81. The van der Waals surface area contributed by atoms with Gasteiger partial charge in [0.25, 0.3) is 0 Å². The van der Waals surface area contributed by atoms with Crippen molar-refractivity contribution in [3.05, 3.63) is 58.0 Å². The second-order valence-corrected chi connectivity index (χ2v) is 3.80. The number of allylic oxidation sites excluding steroid dienone is 4. The molecule has 0 N–H and O–H groups in total. The molecule has 0 bridgehead atoms. The van der Waals surface area contributed by atoms with Crippen LogP contribution in [0.15, 0.2) is 36.4 Å². The van der Waals surface area contributed by atoms with Crippen molar-refractivity contribution in [2.75, 3.05) is 0 Å². The van der Waals surface area contributed by atoms with Gasteiger partial charge >= 0.3 is 0 Å². The lowest BCUT2D eigenvalue weighted by molar-refractivity contribution is 1.10. The zero-order valence-electron chi connectivity index (χ0n) is 8.03. The predicted molar refractivity (Wildman–Crippen MR) is 60.3 cm³/mol. The molecule has 2 aliphatic rings. The van der Waals surface area contributed by atoms with Crippen LogP contribution in [0.25, 0.3) is 12.2 Å². The van der Waals surface area contributed by atoms with Crippen LogP contribution in [0.1, 0.15) is 11.1 Å². The van der Waals surface area contributed by atoms with Gasteiger partial charge in [-0.1, -0.05) is 48.6 Å². The van der Waals surface area contributed by atoms with Gasteiger partial charge < -0.3 is 0 Å². The zero-order valence-corrected chi connectivity index (χ0v) is 8.03. The highest BCUT2D eigenvalue weighted by atomic mass is 14.1. The molecule has 0 aliphatic heterocycles. The Kier molecular flexibility index (Phi) is 1.66. The zero-order chi connectivity index (χ0) is 9.38. The molecule has 0 atom stereocenters. The summed E-state index contributed by atoms with van der Waals surface area (Å²) in [5, 5.41) is 2.80. The van der Waals surface area contributed by atoms with Crippen LogP contribution in [0.2, 0.25) is 0 Å². The van der Waals surface area contributed by atoms with E-state index >= 15 is 0 Å². The van der Waals surface area contributed by atoms with Crippen molar-refractivity contribution in [3.8, 4) is 0 Å². The molecule has 1 aromatic rings. The molecule has 0 spiro atoms. The van der Waals surface area contributed by atoms with Crippen LogP contribution in [0, 0.1) is 0 Å². The predicted octanol–water partition coefficient (Wildman–Crippen LogP) is 1.47. The number of benzene rings is 1. The maximum Gasteiger partial charge on any atom is -0.00853 e. The average molecular weight is 180 g/mol. The Hall–Kier alpha value is -1.56. The topological polar surface area (TPSA) is 0 Å². The molecule has 2 aliphatic carbocycles. The largest absolute Gasteiger partial charge is 0.0801 e. The first-order valence-corrected chi connectivity index (χ1v) is 5.09. The maximum absolute atomic E-state index is 2.24. The van der Waals surface area contributed by atoms with Gasteiger partial charge in [-0.25, -0.2) is 0 Å². The number of fused-ring (bicyclic) bond motifs is 3. The summed E-state index contributed by atoms with van der Waals surface area (Å²) in [6.07, 6.45) is 15.4. The second kappa shape index (κ2) is 2.98. The van der Waals surface area contributed by atoms with Gasteiger partial charge in [0, 0.05) is 0 Å². The fraction of sp³-hybridized carbons (Fsp3) is 0.143. The highest BCUT2D eigenvalue weighted by Crippen LogP contribution is 2.08. The van der Waals surface area contributed by atoms with Crippen LogP contribution < -0.4 is 10.4 Å². The molecule has 68 valence electrons. The normalized spacial score (nSPS) is 16.6. The maximum atomic E-state index is 2.24. The molecule has 0 unspecified atom stereocenters. The Morgan fingerprint density at radius 2 is 1.21 bits per heavy atom. The lowest BCUT2D eigenvalue weighted by Crippen LogP contribution is -2.23. The summed E-state index contributed by atoms with van der Waals surface area (Å²) in [5.74, 6) is 0. The molecule has 3 rings (SSSR count). The second-order valence-electron chi connectivity index (χ2n) is 3.80. The van der Waals surface area contributed by atoms with Crippen molar-refractivity contribution in [2.45, 2.75) is 12.8 Å². The van der Waals surface area contributed by atoms with Gasteiger partial charge in [0.05, 0.1) is 0 Å². The summed E-state index contributed by atoms with van der Waals surface area (Å²) in [5.41, 5.74) is 3.04. The van der Waals surface area contributed by atoms with Gasteiger partial charge in [-0.15, -0.1) is 0 Å². The average Bonchev–Trinajstić information content (AvgIpc) is 2.29. The van der Waals surface area contributed by atoms with E-state index in [1.54, 1.807) is 0 Å².